The minimum Gasteiger partial charge on any atom is -0.466 e. The van der Waals surface area contributed by atoms with Crippen LogP contribution in [0.2, 0.25) is 0 Å². The molecule has 0 unspecified atom stereocenters. The molecule has 0 aromatic carbocycles. The molecule has 15 heavy (non-hydrogen) atoms. The number of carbonyl (C=O) groups is 2. The van der Waals surface area contributed by atoms with Gasteiger partial charge >= 0.3 is 5.97 Å². The van der Waals surface area contributed by atoms with E-state index in [9.17, 15) is 9.59 Å². The smallest absolute Gasteiger partial charge is 0.306 e. The van der Waals surface area contributed by atoms with Crippen LogP contribution >= 0.6 is 0 Å². The lowest BCUT2D eigenvalue weighted by molar-refractivity contribution is -0.146. The van der Waals surface area contributed by atoms with E-state index in [4.69, 9.17) is 4.74 Å². The molecule has 1 amide bonds. The molecule has 4 nitrogen and oxygen atoms in total. The number of ether oxygens (including phenoxy) is 1. The molecule has 0 aliphatic carbocycles. The van der Waals surface area contributed by atoms with Crippen molar-refractivity contribution in [3.63, 3.8) is 0 Å². The lowest BCUT2D eigenvalue weighted by atomic mass is 10.2. The van der Waals surface area contributed by atoms with E-state index in [0.29, 0.717) is 13.2 Å². The summed E-state index contributed by atoms with van der Waals surface area (Å²) in [4.78, 5) is 24.4. The van der Waals surface area contributed by atoms with Crippen LogP contribution in [-0.2, 0) is 14.3 Å². The Hall–Kier alpha value is -1.06. The Morgan fingerprint density at radius 3 is 2.20 bits per heavy atom. The molecule has 0 aliphatic heterocycles. The van der Waals surface area contributed by atoms with Crippen LogP contribution in [0.4, 0.5) is 0 Å². The van der Waals surface area contributed by atoms with Gasteiger partial charge in [-0.25, -0.2) is 0 Å². The third-order valence-electron chi connectivity index (χ3n) is 2.13. The fraction of sp³-hybridized carbons (Fsp3) is 0.818. The fourth-order valence-corrected chi connectivity index (χ4v) is 1.42. The molecule has 0 saturated heterocycles. The van der Waals surface area contributed by atoms with E-state index in [-0.39, 0.29) is 30.8 Å². The van der Waals surface area contributed by atoms with Gasteiger partial charge in [0, 0.05) is 19.0 Å². The van der Waals surface area contributed by atoms with Gasteiger partial charge in [-0.1, -0.05) is 0 Å². The van der Waals surface area contributed by atoms with Crippen LogP contribution in [0.15, 0.2) is 0 Å². The predicted octanol–water partition coefficient (Wildman–Crippen LogP) is 1.59. The summed E-state index contributed by atoms with van der Waals surface area (Å²) in [5.41, 5.74) is 0. The van der Waals surface area contributed by atoms with Gasteiger partial charge in [0.1, 0.15) is 0 Å². The van der Waals surface area contributed by atoms with E-state index < -0.39 is 0 Å². The van der Waals surface area contributed by atoms with Crippen LogP contribution in [0.3, 0.4) is 0 Å². The molecule has 0 heterocycles. The van der Waals surface area contributed by atoms with Crippen LogP contribution in [0.25, 0.3) is 0 Å². The Balaban J connectivity index is 3.96. The Kier molecular flexibility index (Phi) is 6.75. The van der Waals surface area contributed by atoms with Gasteiger partial charge in [0.05, 0.1) is 13.0 Å². The Morgan fingerprint density at radius 1 is 1.20 bits per heavy atom. The van der Waals surface area contributed by atoms with Crippen LogP contribution in [0, 0.1) is 0 Å². The summed E-state index contributed by atoms with van der Waals surface area (Å²) in [7, 11) is 0. The van der Waals surface area contributed by atoms with Crippen molar-refractivity contribution in [2.75, 3.05) is 13.2 Å². The average Bonchev–Trinajstić information content (AvgIpc) is 2.15. The van der Waals surface area contributed by atoms with Gasteiger partial charge in [-0.15, -0.1) is 0 Å². The van der Waals surface area contributed by atoms with Crippen molar-refractivity contribution in [1.29, 1.82) is 0 Å². The maximum atomic E-state index is 11.6. The summed E-state index contributed by atoms with van der Waals surface area (Å²) >= 11 is 0. The van der Waals surface area contributed by atoms with Crippen molar-refractivity contribution in [2.24, 2.45) is 0 Å². The molecule has 0 aliphatic rings. The fourth-order valence-electron chi connectivity index (χ4n) is 1.42. The van der Waals surface area contributed by atoms with Crippen molar-refractivity contribution in [3.05, 3.63) is 0 Å². The highest BCUT2D eigenvalue weighted by Gasteiger charge is 2.16. The molecule has 0 saturated carbocycles. The first-order valence-corrected chi connectivity index (χ1v) is 5.48. The number of carbonyl (C=O) groups excluding carboxylic acids is 2. The Bertz CT molecular complexity index is 214. The molecule has 0 aromatic heterocycles. The second kappa shape index (κ2) is 7.26. The monoisotopic (exact) mass is 215 g/mol. The first-order chi connectivity index (χ1) is 7.02. The highest BCUT2D eigenvalue weighted by Crippen LogP contribution is 2.04. The molecule has 4 heteroatoms. The van der Waals surface area contributed by atoms with Crippen LogP contribution in [-0.4, -0.2) is 36.0 Å². The van der Waals surface area contributed by atoms with Crippen molar-refractivity contribution in [1.82, 2.24) is 4.90 Å². The standard InChI is InChI=1S/C11H21NO3/c1-5-12(9(3)4)10(13)7-8-11(14)15-6-2/h9H,5-8H2,1-4H3. The first-order valence-electron chi connectivity index (χ1n) is 5.48. The zero-order valence-corrected chi connectivity index (χ0v) is 10.1. The van der Waals surface area contributed by atoms with Crippen LogP contribution < -0.4 is 0 Å². The average molecular weight is 215 g/mol. The molecular formula is C11H21NO3. The van der Waals surface area contributed by atoms with E-state index in [1.807, 2.05) is 20.8 Å². The first kappa shape index (κ1) is 13.9. The number of rotatable bonds is 6. The van der Waals surface area contributed by atoms with Gasteiger partial charge in [-0.2, -0.15) is 0 Å². The van der Waals surface area contributed by atoms with Gasteiger partial charge in [0.2, 0.25) is 5.91 Å². The molecular weight excluding hydrogens is 194 g/mol. The van der Waals surface area contributed by atoms with Gasteiger partial charge in [0.15, 0.2) is 0 Å². The van der Waals surface area contributed by atoms with Crippen molar-refractivity contribution >= 4 is 11.9 Å². The number of hydrogen-bond donors (Lipinski definition) is 0. The van der Waals surface area contributed by atoms with Crippen LogP contribution in [0.1, 0.15) is 40.5 Å². The lowest BCUT2D eigenvalue weighted by Gasteiger charge is -2.24. The molecule has 0 aromatic rings. The molecule has 0 N–H and O–H groups in total. The SMILES string of the molecule is CCOC(=O)CCC(=O)N(CC)C(C)C. The zero-order valence-electron chi connectivity index (χ0n) is 10.1. The second-order valence-corrected chi connectivity index (χ2v) is 3.58. The van der Waals surface area contributed by atoms with E-state index in [1.165, 1.54) is 0 Å². The highest BCUT2D eigenvalue weighted by atomic mass is 16.5. The largest absolute Gasteiger partial charge is 0.466 e. The minimum atomic E-state index is -0.300. The second-order valence-electron chi connectivity index (χ2n) is 3.58. The number of hydrogen-bond acceptors (Lipinski definition) is 3. The molecule has 0 radical (unpaired) electrons. The van der Waals surface area contributed by atoms with E-state index in [1.54, 1.807) is 11.8 Å². The third-order valence-corrected chi connectivity index (χ3v) is 2.13. The van der Waals surface area contributed by atoms with Gasteiger partial charge < -0.3 is 9.64 Å². The quantitative estimate of drug-likeness (QED) is 0.632. The summed E-state index contributed by atoms with van der Waals surface area (Å²) in [6, 6.07) is 0.185. The maximum absolute atomic E-state index is 11.6. The Morgan fingerprint density at radius 2 is 1.80 bits per heavy atom. The predicted molar refractivity (Wildman–Crippen MR) is 58.4 cm³/mol. The molecule has 0 spiro atoms. The summed E-state index contributed by atoms with van der Waals surface area (Å²) < 4.78 is 4.76. The van der Waals surface area contributed by atoms with E-state index >= 15 is 0 Å². The molecule has 0 rings (SSSR count). The third kappa shape index (κ3) is 5.40. The summed E-state index contributed by atoms with van der Waals surface area (Å²) in [5, 5.41) is 0. The van der Waals surface area contributed by atoms with Gasteiger partial charge in [-0.3, -0.25) is 9.59 Å². The molecule has 0 atom stereocenters. The number of esters is 1. The van der Waals surface area contributed by atoms with E-state index in [0.717, 1.165) is 0 Å². The number of amides is 1. The van der Waals surface area contributed by atoms with Crippen molar-refractivity contribution in [3.8, 4) is 0 Å². The maximum Gasteiger partial charge on any atom is 0.306 e. The van der Waals surface area contributed by atoms with Gasteiger partial charge in [-0.05, 0) is 27.7 Å². The normalized spacial score (nSPS) is 10.2. The van der Waals surface area contributed by atoms with Crippen molar-refractivity contribution in [2.45, 2.75) is 46.6 Å². The van der Waals surface area contributed by atoms with E-state index in [2.05, 4.69) is 0 Å². The van der Waals surface area contributed by atoms with Crippen molar-refractivity contribution < 1.29 is 14.3 Å². The zero-order chi connectivity index (χ0) is 11.8. The summed E-state index contributed by atoms with van der Waals surface area (Å²) in [6.45, 7) is 8.67. The highest BCUT2D eigenvalue weighted by molar-refractivity contribution is 5.81. The lowest BCUT2D eigenvalue weighted by Crippen LogP contribution is -2.36. The van der Waals surface area contributed by atoms with Crippen LogP contribution in [0.5, 0.6) is 0 Å². The minimum absolute atomic E-state index is 0.0144. The molecule has 0 fully saturated rings. The number of nitrogens with zero attached hydrogens (tertiary/aromatic N) is 1. The molecule has 0 bridgehead atoms. The Labute approximate surface area is 91.6 Å². The molecule has 88 valence electrons. The summed E-state index contributed by atoms with van der Waals surface area (Å²) in [6.07, 6.45) is 0.417. The van der Waals surface area contributed by atoms with Gasteiger partial charge in [0.25, 0.3) is 0 Å². The summed E-state index contributed by atoms with van der Waals surface area (Å²) in [5.74, 6) is -0.286. The topological polar surface area (TPSA) is 46.6 Å².